The standard InChI is InChI=1S/C42H53NO9/c1-7-27(44)21-30(46)43-33(25-16-12-9-13-17-25)35(48)38(50)52-28-22-42(51)32(24-14-10-8-11-15-24)36-40(5)19-18-26(40)20-29(45)41(36,6)37(49)34(47)31(23(28)2)39(42,3)4/h8-17,26,28-29,32-36,45,47-48,51H,7,18-22H2,1-6H3,(H,43,46)/t26-,28+,29+,32?,33+,34-,35-,36?,40-,41-,42-/m1/s1. The predicted octanol–water partition coefficient (Wildman–Crippen LogP) is 4.49. The van der Waals surface area contributed by atoms with Gasteiger partial charge in [-0.05, 0) is 72.6 Å². The lowest BCUT2D eigenvalue weighted by atomic mass is 9.35. The second-order valence-corrected chi connectivity index (χ2v) is 16.7. The van der Waals surface area contributed by atoms with E-state index >= 15 is 0 Å². The third-order valence-electron chi connectivity index (χ3n) is 13.8. The molecule has 2 aromatic rings. The van der Waals surface area contributed by atoms with Crippen LogP contribution in [0.3, 0.4) is 0 Å². The summed E-state index contributed by atoms with van der Waals surface area (Å²) in [6.45, 7) is 10.8. The summed E-state index contributed by atoms with van der Waals surface area (Å²) in [5.41, 5.74) is -2.99. The molecule has 2 unspecified atom stereocenters. The van der Waals surface area contributed by atoms with Gasteiger partial charge in [0.2, 0.25) is 5.91 Å². The van der Waals surface area contributed by atoms with E-state index in [0.29, 0.717) is 17.6 Å². The highest BCUT2D eigenvalue weighted by Crippen LogP contribution is 2.72. The maximum Gasteiger partial charge on any atom is 0.338 e. The van der Waals surface area contributed by atoms with Crippen LogP contribution < -0.4 is 5.32 Å². The summed E-state index contributed by atoms with van der Waals surface area (Å²) in [5.74, 6) is -3.76. The number of Topliss-reactive ketones (excluding diaryl/α,β-unsaturated/α-hetero) is 2. The van der Waals surface area contributed by atoms with Gasteiger partial charge in [0.1, 0.15) is 18.0 Å². The van der Waals surface area contributed by atoms with Crippen LogP contribution in [0.5, 0.6) is 0 Å². The molecule has 280 valence electrons. The molecule has 3 fully saturated rings. The number of carbonyl (C=O) groups is 4. The van der Waals surface area contributed by atoms with Gasteiger partial charge in [0.15, 0.2) is 11.9 Å². The Bertz CT molecular complexity index is 1760. The van der Waals surface area contributed by atoms with Gasteiger partial charge in [-0.25, -0.2) is 4.79 Å². The number of hydrogen-bond donors (Lipinski definition) is 5. The SMILES string of the molecule is CCC(=O)CC(=O)N[C@@H](c1ccccc1)[C@@H](O)C(=O)O[C@H]1C[C@@]2(O)C(c3ccccc3)C3[C@]4(C)CC[C@@H]4C[C@H](O)[C@@]3(C)C(=O)[C@H](O)C(=C1C)C2(C)C. The molecule has 0 saturated heterocycles. The Kier molecular flexibility index (Phi) is 9.96. The summed E-state index contributed by atoms with van der Waals surface area (Å²) in [6, 6.07) is 16.6. The molecule has 0 aromatic heterocycles. The van der Waals surface area contributed by atoms with Crippen LogP contribution in [0.25, 0.3) is 0 Å². The molecule has 11 atom stereocenters. The zero-order valence-corrected chi connectivity index (χ0v) is 31.0. The monoisotopic (exact) mass is 715 g/mol. The van der Waals surface area contributed by atoms with Gasteiger partial charge in [0, 0.05) is 24.2 Å². The normalized spacial score (nSPS) is 36.2. The Hall–Kier alpha value is -3.70. The van der Waals surface area contributed by atoms with Crippen molar-refractivity contribution in [3.8, 4) is 0 Å². The van der Waals surface area contributed by atoms with E-state index in [1.54, 1.807) is 51.1 Å². The fourth-order valence-corrected chi connectivity index (χ4v) is 10.6. The number of hydrogen-bond acceptors (Lipinski definition) is 9. The maximum atomic E-state index is 14.8. The van der Waals surface area contributed by atoms with Crippen molar-refractivity contribution in [2.24, 2.45) is 28.1 Å². The summed E-state index contributed by atoms with van der Waals surface area (Å²) < 4.78 is 6.08. The molecule has 1 amide bonds. The molecule has 10 heteroatoms. The van der Waals surface area contributed by atoms with Gasteiger partial charge in [0.25, 0.3) is 0 Å². The van der Waals surface area contributed by atoms with E-state index in [1.807, 2.05) is 44.2 Å². The first-order valence-corrected chi connectivity index (χ1v) is 18.6. The van der Waals surface area contributed by atoms with Gasteiger partial charge in [-0.3, -0.25) is 14.4 Å². The fourth-order valence-electron chi connectivity index (χ4n) is 10.6. The first-order chi connectivity index (χ1) is 24.4. The van der Waals surface area contributed by atoms with E-state index in [1.165, 1.54) is 0 Å². The molecule has 2 bridgehead atoms. The van der Waals surface area contributed by atoms with Crippen LogP contribution in [0.1, 0.15) is 103 Å². The highest BCUT2D eigenvalue weighted by Gasteiger charge is 2.73. The quantitative estimate of drug-likeness (QED) is 0.143. The van der Waals surface area contributed by atoms with Crippen molar-refractivity contribution in [1.82, 2.24) is 5.32 Å². The smallest absolute Gasteiger partial charge is 0.338 e. The van der Waals surface area contributed by atoms with Crippen LogP contribution in [0.4, 0.5) is 0 Å². The number of esters is 1. The molecule has 10 nitrogen and oxygen atoms in total. The summed E-state index contributed by atoms with van der Waals surface area (Å²) in [6.07, 6.45) is -4.11. The Morgan fingerprint density at radius 3 is 2.17 bits per heavy atom. The van der Waals surface area contributed by atoms with Crippen molar-refractivity contribution in [2.75, 3.05) is 0 Å². The van der Waals surface area contributed by atoms with E-state index in [4.69, 9.17) is 4.74 Å². The van der Waals surface area contributed by atoms with Crippen LogP contribution in [-0.4, -0.2) is 73.9 Å². The summed E-state index contributed by atoms with van der Waals surface area (Å²) in [7, 11) is 0. The van der Waals surface area contributed by atoms with Crippen LogP contribution in [0, 0.1) is 28.1 Å². The van der Waals surface area contributed by atoms with Gasteiger partial charge in [-0.2, -0.15) is 0 Å². The number of ether oxygens (including phenoxy) is 1. The van der Waals surface area contributed by atoms with Crippen molar-refractivity contribution in [2.45, 2.75) is 122 Å². The molecule has 0 aliphatic heterocycles. The first kappa shape index (κ1) is 38.0. The van der Waals surface area contributed by atoms with Crippen LogP contribution in [0.2, 0.25) is 0 Å². The van der Waals surface area contributed by atoms with E-state index in [0.717, 1.165) is 18.4 Å². The highest BCUT2D eigenvalue weighted by atomic mass is 16.6. The molecule has 4 aliphatic rings. The highest BCUT2D eigenvalue weighted by molar-refractivity contribution is 5.98. The zero-order chi connectivity index (χ0) is 38.0. The van der Waals surface area contributed by atoms with Crippen molar-refractivity contribution in [1.29, 1.82) is 0 Å². The van der Waals surface area contributed by atoms with Gasteiger partial charge in [-0.15, -0.1) is 0 Å². The molecule has 3 saturated carbocycles. The number of aliphatic hydroxyl groups is 4. The number of aliphatic hydroxyl groups excluding tert-OH is 3. The van der Waals surface area contributed by atoms with E-state index < -0.39 is 88.2 Å². The summed E-state index contributed by atoms with van der Waals surface area (Å²) in [5, 5.41) is 51.6. The van der Waals surface area contributed by atoms with E-state index in [2.05, 4.69) is 12.2 Å². The van der Waals surface area contributed by atoms with Crippen molar-refractivity contribution in [3.63, 3.8) is 0 Å². The molecular formula is C42H53NO9. The number of fused-ring (bicyclic) bond motifs is 5. The minimum Gasteiger partial charge on any atom is -0.456 e. The molecule has 2 aromatic carbocycles. The van der Waals surface area contributed by atoms with Crippen LogP contribution >= 0.6 is 0 Å². The van der Waals surface area contributed by atoms with Crippen molar-refractivity contribution >= 4 is 23.4 Å². The van der Waals surface area contributed by atoms with E-state index in [9.17, 15) is 39.6 Å². The zero-order valence-electron chi connectivity index (χ0n) is 31.0. The Balaban J connectivity index is 1.45. The predicted molar refractivity (Wildman–Crippen MR) is 192 cm³/mol. The van der Waals surface area contributed by atoms with Crippen molar-refractivity contribution in [3.05, 3.63) is 82.9 Å². The summed E-state index contributed by atoms with van der Waals surface area (Å²) >= 11 is 0. The number of nitrogens with one attached hydrogen (secondary N) is 1. The van der Waals surface area contributed by atoms with Gasteiger partial charge in [-0.1, -0.05) is 88.4 Å². The van der Waals surface area contributed by atoms with Gasteiger partial charge < -0.3 is 30.5 Å². The maximum absolute atomic E-state index is 14.8. The molecular weight excluding hydrogens is 662 g/mol. The second kappa shape index (κ2) is 13.6. The van der Waals surface area contributed by atoms with Gasteiger partial charge in [0.05, 0.1) is 29.6 Å². The number of carbonyl (C=O) groups excluding carboxylic acids is 4. The topological polar surface area (TPSA) is 170 Å². The molecule has 0 spiro atoms. The minimum absolute atomic E-state index is 0.115. The Morgan fingerprint density at radius 1 is 0.981 bits per heavy atom. The van der Waals surface area contributed by atoms with Crippen LogP contribution in [0.15, 0.2) is 71.8 Å². The Morgan fingerprint density at radius 2 is 1.60 bits per heavy atom. The molecule has 0 radical (unpaired) electrons. The first-order valence-electron chi connectivity index (χ1n) is 18.6. The van der Waals surface area contributed by atoms with E-state index in [-0.39, 0.29) is 30.1 Å². The third-order valence-corrected chi connectivity index (χ3v) is 13.8. The third kappa shape index (κ3) is 5.77. The largest absolute Gasteiger partial charge is 0.456 e. The lowest BCUT2D eigenvalue weighted by Gasteiger charge is -2.69. The fraction of sp³-hybridized carbons (Fsp3) is 0.571. The molecule has 52 heavy (non-hydrogen) atoms. The average Bonchev–Trinajstić information content (AvgIpc) is 3.11. The molecule has 0 heterocycles. The average molecular weight is 716 g/mol. The second-order valence-electron chi connectivity index (χ2n) is 16.7. The molecule has 6 rings (SSSR count). The number of amides is 1. The minimum atomic E-state index is -1.90. The number of ketones is 2. The van der Waals surface area contributed by atoms with Crippen LogP contribution in [-0.2, 0) is 23.9 Å². The lowest BCUT2D eigenvalue weighted by molar-refractivity contribution is -0.233. The van der Waals surface area contributed by atoms with Gasteiger partial charge >= 0.3 is 5.97 Å². The Labute approximate surface area is 305 Å². The number of benzene rings is 2. The van der Waals surface area contributed by atoms with Crippen molar-refractivity contribution < 1.29 is 44.3 Å². The number of rotatable bonds is 9. The molecule has 4 aliphatic carbocycles. The lowest BCUT2D eigenvalue weighted by Crippen LogP contribution is -2.72. The summed E-state index contributed by atoms with van der Waals surface area (Å²) in [4.78, 5) is 53.7. The molecule has 5 N–H and O–H groups in total.